The van der Waals surface area contributed by atoms with Crippen molar-refractivity contribution < 1.29 is 22.7 Å². The van der Waals surface area contributed by atoms with Crippen LogP contribution in [-0.2, 0) is 15.7 Å². The summed E-state index contributed by atoms with van der Waals surface area (Å²) in [4.78, 5) is 12.6. The second-order valence-corrected chi connectivity index (χ2v) is 6.99. The first kappa shape index (κ1) is 20.7. The van der Waals surface area contributed by atoms with Gasteiger partial charge in [0.25, 0.3) is 0 Å². The lowest BCUT2D eigenvalue weighted by Crippen LogP contribution is -2.25. The van der Waals surface area contributed by atoms with Gasteiger partial charge in [0.15, 0.2) is 0 Å². The molecule has 0 bridgehead atoms. The summed E-state index contributed by atoms with van der Waals surface area (Å²) in [6, 6.07) is 9.60. The van der Waals surface area contributed by atoms with Crippen LogP contribution >= 0.6 is 35.1 Å². The fourth-order valence-electron chi connectivity index (χ4n) is 1.99. The maximum absolute atomic E-state index is 13.0. The number of anilines is 1. The molecule has 3 nitrogen and oxygen atoms in total. The maximum atomic E-state index is 13.0. The second kappa shape index (κ2) is 8.88. The Labute approximate surface area is 163 Å². The molecule has 140 valence electrons. The van der Waals surface area contributed by atoms with E-state index in [9.17, 15) is 18.0 Å². The standard InChI is InChI=1S/C17H14Cl2F3NO2S/c1-2-25-16(24)10-23(26-13-6-4-12(18)5-7-13)15-9-11(17(20,21)22)3-8-14(15)19/h3-9H,2,10H2,1H3. The number of alkyl halides is 3. The normalized spacial score (nSPS) is 11.3. The molecule has 0 amide bonds. The van der Waals surface area contributed by atoms with Gasteiger partial charge in [0.2, 0.25) is 0 Å². The van der Waals surface area contributed by atoms with E-state index in [0.29, 0.717) is 9.92 Å². The van der Waals surface area contributed by atoms with Crippen molar-refractivity contribution in [2.75, 3.05) is 17.5 Å². The van der Waals surface area contributed by atoms with Gasteiger partial charge in [-0.05, 0) is 61.3 Å². The molecule has 0 heterocycles. The molecule has 0 saturated heterocycles. The SMILES string of the molecule is CCOC(=O)CN(Sc1ccc(Cl)cc1)c1cc(C(F)(F)F)ccc1Cl. The fraction of sp³-hybridized carbons (Fsp3) is 0.235. The minimum atomic E-state index is -4.53. The Morgan fingerprint density at radius 2 is 1.81 bits per heavy atom. The van der Waals surface area contributed by atoms with Crippen LogP contribution in [0.2, 0.25) is 10.0 Å². The quantitative estimate of drug-likeness (QED) is 0.415. The first-order chi connectivity index (χ1) is 12.2. The van der Waals surface area contributed by atoms with Crippen LogP contribution in [0.5, 0.6) is 0 Å². The number of ether oxygens (including phenoxy) is 1. The topological polar surface area (TPSA) is 29.5 Å². The van der Waals surface area contributed by atoms with E-state index in [0.717, 1.165) is 30.1 Å². The second-order valence-electron chi connectivity index (χ2n) is 5.05. The van der Waals surface area contributed by atoms with Gasteiger partial charge in [0.1, 0.15) is 6.54 Å². The van der Waals surface area contributed by atoms with Crippen LogP contribution in [0.25, 0.3) is 0 Å². The predicted molar refractivity (Wildman–Crippen MR) is 97.7 cm³/mol. The number of nitrogens with zero attached hydrogens (tertiary/aromatic N) is 1. The van der Waals surface area contributed by atoms with Crippen LogP contribution in [0, 0.1) is 0 Å². The van der Waals surface area contributed by atoms with Gasteiger partial charge in [-0.2, -0.15) is 13.2 Å². The van der Waals surface area contributed by atoms with E-state index >= 15 is 0 Å². The zero-order valence-electron chi connectivity index (χ0n) is 13.5. The highest BCUT2D eigenvalue weighted by molar-refractivity contribution is 8.00. The third kappa shape index (κ3) is 5.72. The summed E-state index contributed by atoms with van der Waals surface area (Å²) in [6.07, 6.45) is -4.53. The molecule has 0 unspecified atom stereocenters. The molecule has 0 aliphatic heterocycles. The molecule has 26 heavy (non-hydrogen) atoms. The van der Waals surface area contributed by atoms with E-state index in [1.807, 2.05) is 0 Å². The summed E-state index contributed by atoms with van der Waals surface area (Å²) in [5.41, 5.74) is -0.794. The highest BCUT2D eigenvalue weighted by Crippen LogP contribution is 2.39. The molecular weight excluding hydrogens is 410 g/mol. The molecule has 0 N–H and O–H groups in total. The van der Waals surface area contributed by atoms with Crippen LogP contribution in [0.1, 0.15) is 12.5 Å². The van der Waals surface area contributed by atoms with E-state index < -0.39 is 17.7 Å². The van der Waals surface area contributed by atoms with Crippen molar-refractivity contribution in [1.82, 2.24) is 0 Å². The van der Waals surface area contributed by atoms with Crippen molar-refractivity contribution in [1.29, 1.82) is 0 Å². The Kier molecular flexibility index (Phi) is 7.08. The van der Waals surface area contributed by atoms with Gasteiger partial charge >= 0.3 is 12.1 Å². The summed E-state index contributed by atoms with van der Waals surface area (Å²) in [5.74, 6) is -0.581. The van der Waals surface area contributed by atoms with Crippen molar-refractivity contribution in [3.8, 4) is 0 Å². The average Bonchev–Trinajstić information content (AvgIpc) is 2.56. The monoisotopic (exact) mass is 423 g/mol. The number of hydrogen-bond donors (Lipinski definition) is 0. The Morgan fingerprint density at radius 3 is 2.38 bits per heavy atom. The lowest BCUT2D eigenvalue weighted by Gasteiger charge is -2.24. The van der Waals surface area contributed by atoms with Crippen molar-refractivity contribution in [2.45, 2.75) is 18.0 Å². The molecule has 0 aromatic heterocycles. The molecule has 0 radical (unpaired) electrons. The van der Waals surface area contributed by atoms with Gasteiger partial charge < -0.3 is 4.74 Å². The Balaban J connectivity index is 2.39. The third-order valence-electron chi connectivity index (χ3n) is 3.15. The Morgan fingerprint density at radius 1 is 1.15 bits per heavy atom. The van der Waals surface area contributed by atoms with Crippen molar-refractivity contribution >= 4 is 46.8 Å². The first-order valence-corrected chi connectivity index (χ1v) is 8.97. The summed E-state index contributed by atoms with van der Waals surface area (Å²) in [5, 5.41) is 0.604. The summed E-state index contributed by atoms with van der Waals surface area (Å²) in [7, 11) is 0. The van der Waals surface area contributed by atoms with Gasteiger partial charge in [-0.3, -0.25) is 9.10 Å². The number of esters is 1. The third-order valence-corrected chi connectivity index (χ3v) is 4.75. The Hall–Kier alpha value is -1.57. The number of benzene rings is 2. The molecule has 0 aliphatic rings. The van der Waals surface area contributed by atoms with Crippen LogP contribution in [-0.4, -0.2) is 19.1 Å². The smallest absolute Gasteiger partial charge is 0.416 e. The molecule has 0 atom stereocenters. The zero-order valence-corrected chi connectivity index (χ0v) is 15.8. The van der Waals surface area contributed by atoms with Gasteiger partial charge in [-0.15, -0.1) is 0 Å². The van der Waals surface area contributed by atoms with E-state index in [1.54, 1.807) is 31.2 Å². The Bertz CT molecular complexity index is 770. The lowest BCUT2D eigenvalue weighted by molar-refractivity contribution is -0.141. The van der Waals surface area contributed by atoms with Gasteiger partial charge in [0, 0.05) is 9.92 Å². The molecule has 2 aromatic carbocycles. The maximum Gasteiger partial charge on any atom is 0.416 e. The van der Waals surface area contributed by atoms with E-state index in [-0.39, 0.29) is 23.9 Å². The van der Waals surface area contributed by atoms with Crippen LogP contribution < -0.4 is 4.31 Å². The van der Waals surface area contributed by atoms with Gasteiger partial charge in [-0.25, -0.2) is 0 Å². The minimum Gasteiger partial charge on any atom is -0.465 e. The number of carbonyl (C=O) groups is 1. The summed E-state index contributed by atoms with van der Waals surface area (Å²) in [6.45, 7) is 1.53. The lowest BCUT2D eigenvalue weighted by atomic mass is 10.2. The van der Waals surface area contributed by atoms with Crippen molar-refractivity contribution in [3.05, 3.63) is 58.1 Å². The highest BCUT2D eigenvalue weighted by atomic mass is 35.5. The molecule has 0 saturated carbocycles. The van der Waals surface area contributed by atoms with E-state index in [4.69, 9.17) is 27.9 Å². The number of halogens is 5. The highest BCUT2D eigenvalue weighted by Gasteiger charge is 2.32. The zero-order chi connectivity index (χ0) is 19.3. The van der Waals surface area contributed by atoms with Gasteiger partial charge in [-0.1, -0.05) is 23.2 Å². The molecule has 0 fully saturated rings. The molecule has 0 spiro atoms. The van der Waals surface area contributed by atoms with Crippen LogP contribution in [0.3, 0.4) is 0 Å². The van der Waals surface area contributed by atoms with Crippen molar-refractivity contribution in [3.63, 3.8) is 0 Å². The summed E-state index contributed by atoms with van der Waals surface area (Å²) < 4.78 is 45.4. The number of rotatable bonds is 6. The number of carbonyl (C=O) groups excluding carboxylic acids is 1. The molecule has 2 aromatic rings. The van der Waals surface area contributed by atoms with Crippen LogP contribution in [0.4, 0.5) is 18.9 Å². The molecule has 2 rings (SSSR count). The largest absolute Gasteiger partial charge is 0.465 e. The van der Waals surface area contributed by atoms with Crippen molar-refractivity contribution in [2.24, 2.45) is 0 Å². The summed E-state index contributed by atoms with van der Waals surface area (Å²) >= 11 is 13.0. The first-order valence-electron chi connectivity index (χ1n) is 7.44. The molecular formula is C17H14Cl2F3NO2S. The molecule has 9 heteroatoms. The van der Waals surface area contributed by atoms with Gasteiger partial charge in [0.05, 0.1) is 22.9 Å². The fourth-order valence-corrected chi connectivity index (χ4v) is 3.32. The average molecular weight is 424 g/mol. The number of hydrogen-bond acceptors (Lipinski definition) is 4. The van der Waals surface area contributed by atoms with E-state index in [2.05, 4.69) is 0 Å². The van der Waals surface area contributed by atoms with E-state index in [1.165, 1.54) is 4.31 Å². The predicted octanol–water partition coefficient (Wildman–Crippen LogP) is 6.09. The van der Waals surface area contributed by atoms with Crippen LogP contribution in [0.15, 0.2) is 47.4 Å². The minimum absolute atomic E-state index is 0.0643. The molecule has 0 aliphatic carbocycles.